The van der Waals surface area contributed by atoms with E-state index in [1.54, 1.807) is 0 Å². The van der Waals surface area contributed by atoms with Crippen molar-refractivity contribution in [1.82, 2.24) is 19.5 Å². The van der Waals surface area contributed by atoms with Crippen molar-refractivity contribution in [3.63, 3.8) is 0 Å². The molecule has 35 heavy (non-hydrogen) atoms. The van der Waals surface area contributed by atoms with Gasteiger partial charge in [-0.15, -0.1) is 0 Å². The molecule has 2 aromatic heterocycles. The van der Waals surface area contributed by atoms with Gasteiger partial charge in [-0.25, -0.2) is 0 Å². The average molecular weight is 590 g/mol. The standard InChI is InChI=1S/C14H18N5O2.C13H27.Sn/c1-2-6-21-11(3-1)19-10-17-12-13(15-9-16-14(12)19)18-4-7-20-8-5-18;1-4-7-10-13(11-8-5-2)12-9-6-3;/h10-11H,1-8H2;4-12H2,1-3H3;. The van der Waals surface area contributed by atoms with Gasteiger partial charge in [-0.3, -0.25) is 0 Å². The predicted molar refractivity (Wildman–Crippen MR) is 144 cm³/mol. The first-order chi connectivity index (χ1) is 17.2. The second kappa shape index (κ2) is 13.6. The number of hydrogen-bond donors (Lipinski definition) is 0. The van der Waals surface area contributed by atoms with E-state index >= 15 is 0 Å². The second-order valence-corrected chi connectivity index (χ2v) is 15.3. The molecule has 0 spiro atoms. The summed E-state index contributed by atoms with van der Waals surface area (Å²) in [6.07, 6.45) is 17.2. The summed E-state index contributed by atoms with van der Waals surface area (Å²) < 4.78 is 15.6. The van der Waals surface area contributed by atoms with Crippen LogP contribution in [0.2, 0.25) is 3.43 Å². The molecule has 8 heteroatoms. The van der Waals surface area contributed by atoms with Crippen LogP contribution in [0.3, 0.4) is 0 Å². The maximum absolute atomic E-state index is 6.16. The Balaban J connectivity index is 1.74. The minimum atomic E-state index is -1.07. The van der Waals surface area contributed by atoms with Gasteiger partial charge in [-0.1, -0.05) is 0 Å². The van der Waals surface area contributed by atoms with E-state index in [0.29, 0.717) is 3.43 Å². The van der Waals surface area contributed by atoms with Gasteiger partial charge in [0.25, 0.3) is 0 Å². The summed E-state index contributed by atoms with van der Waals surface area (Å²) in [5, 5.41) is 0. The summed E-state index contributed by atoms with van der Waals surface area (Å²) >= 11 is -1.07. The van der Waals surface area contributed by atoms with Crippen LogP contribution < -0.4 is 8.74 Å². The molecule has 0 bridgehead atoms. The number of unbranched alkanes of at least 4 members (excludes halogenated alkanes) is 3. The molecular weight excluding hydrogens is 545 g/mol. The van der Waals surface area contributed by atoms with Gasteiger partial charge in [0.15, 0.2) is 0 Å². The topological polar surface area (TPSA) is 65.3 Å². The van der Waals surface area contributed by atoms with Crippen LogP contribution in [0.4, 0.5) is 5.82 Å². The van der Waals surface area contributed by atoms with E-state index in [1.807, 2.05) is 6.33 Å². The maximum atomic E-state index is 6.16. The molecule has 2 radical (unpaired) electrons. The number of nitrogens with zero attached hydrogens (tertiary/aromatic N) is 5. The number of anilines is 1. The van der Waals surface area contributed by atoms with Crippen molar-refractivity contribution < 1.29 is 9.47 Å². The van der Waals surface area contributed by atoms with Gasteiger partial charge in [0.1, 0.15) is 0 Å². The molecule has 7 nitrogen and oxygen atoms in total. The first-order valence-corrected chi connectivity index (χ1v) is 17.0. The summed E-state index contributed by atoms with van der Waals surface area (Å²) in [5.74, 6) is 1.03. The molecular formula is C27H45N5O2Sn. The van der Waals surface area contributed by atoms with Crippen LogP contribution in [0.1, 0.15) is 104 Å². The Morgan fingerprint density at radius 3 is 2.23 bits per heavy atom. The number of rotatable bonds is 13. The summed E-state index contributed by atoms with van der Waals surface area (Å²) in [6.45, 7) is 11.1. The fraction of sp³-hybridized carbons (Fsp3) is 0.815. The fourth-order valence-corrected chi connectivity index (χ4v) is 10.3. The summed E-state index contributed by atoms with van der Waals surface area (Å²) in [7, 11) is 0. The number of aromatic nitrogens is 4. The molecule has 4 heterocycles. The number of ether oxygens (including phenoxy) is 2. The minimum absolute atomic E-state index is 0.0458. The molecule has 0 N–H and O–H groups in total. The Bertz CT molecular complexity index is 887. The molecule has 0 aliphatic carbocycles. The number of imidazole rings is 1. The van der Waals surface area contributed by atoms with Crippen LogP contribution in [0, 0.1) is 0 Å². The van der Waals surface area contributed by atoms with Crippen molar-refractivity contribution in [2.45, 2.75) is 107 Å². The van der Waals surface area contributed by atoms with E-state index in [-0.39, 0.29) is 6.23 Å². The van der Waals surface area contributed by atoms with Crippen molar-refractivity contribution in [2.24, 2.45) is 0 Å². The molecule has 4 rings (SSSR count). The molecule has 2 aliphatic heterocycles. The van der Waals surface area contributed by atoms with Crippen LogP contribution >= 0.6 is 0 Å². The number of fused-ring (bicyclic) bond motifs is 1. The van der Waals surface area contributed by atoms with Crippen molar-refractivity contribution in [3.8, 4) is 0 Å². The molecule has 194 valence electrons. The van der Waals surface area contributed by atoms with Gasteiger partial charge in [-0.05, 0) is 0 Å². The van der Waals surface area contributed by atoms with Crippen LogP contribution in [-0.4, -0.2) is 73.6 Å². The Labute approximate surface area is 222 Å². The molecule has 1 atom stereocenters. The third-order valence-corrected chi connectivity index (χ3v) is 12.5. The predicted octanol–water partition coefficient (Wildman–Crippen LogP) is 5.42. The first-order valence-electron chi connectivity index (χ1n) is 14.2. The molecule has 0 amide bonds. The summed E-state index contributed by atoms with van der Waals surface area (Å²) in [4.78, 5) is 17.8. The second-order valence-electron chi connectivity index (χ2n) is 10.3. The number of morpholine rings is 1. The van der Waals surface area contributed by atoms with Crippen LogP contribution in [0.25, 0.3) is 11.2 Å². The van der Waals surface area contributed by atoms with Gasteiger partial charge in [0.2, 0.25) is 0 Å². The zero-order chi connectivity index (χ0) is 24.5. The molecule has 2 aliphatic rings. The van der Waals surface area contributed by atoms with Crippen LogP contribution in [0.5, 0.6) is 0 Å². The van der Waals surface area contributed by atoms with E-state index in [9.17, 15) is 0 Å². The Kier molecular flexibility index (Phi) is 10.5. The summed E-state index contributed by atoms with van der Waals surface area (Å²) in [5.41, 5.74) is 1.92. The van der Waals surface area contributed by atoms with E-state index in [0.717, 1.165) is 66.6 Å². The molecule has 2 aromatic rings. The van der Waals surface area contributed by atoms with Gasteiger partial charge in [-0.2, -0.15) is 0 Å². The Hall–Kier alpha value is -0.931. The summed E-state index contributed by atoms with van der Waals surface area (Å²) in [6, 6.07) is 0. The zero-order valence-electron chi connectivity index (χ0n) is 22.2. The monoisotopic (exact) mass is 591 g/mol. The van der Waals surface area contributed by atoms with Crippen molar-refractivity contribution in [3.05, 3.63) is 6.33 Å². The van der Waals surface area contributed by atoms with Crippen molar-refractivity contribution in [2.75, 3.05) is 37.8 Å². The van der Waals surface area contributed by atoms with Crippen molar-refractivity contribution >= 4 is 42.0 Å². The third-order valence-electron chi connectivity index (χ3n) is 7.58. The van der Waals surface area contributed by atoms with E-state index in [4.69, 9.17) is 24.4 Å². The zero-order valence-corrected chi connectivity index (χ0v) is 25.1. The van der Waals surface area contributed by atoms with Crippen LogP contribution in [0.15, 0.2) is 6.33 Å². The molecule has 1 unspecified atom stereocenters. The molecule has 2 saturated heterocycles. The average Bonchev–Trinajstić information content (AvgIpc) is 3.34. The van der Waals surface area contributed by atoms with Crippen molar-refractivity contribution in [1.29, 1.82) is 0 Å². The molecule has 2 fully saturated rings. The fourth-order valence-electron chi connectivity index (χ4n) is 5.45. The normalized spacial score (nSPS) is 19.5. The van der Waals surface area contributed by atoms with Crippen LogP contribution in [-0.2, 0) is 9.47 Å². The van der Waals surface area contributed by atoms with Gasteiger partial charge < -0.3 is 0 Å². The quantitative estimate of drug-likeness (QED) is 0.291. The SMILES string of the molecule is CCCC[C](CCCC)(CCCC)[Sn][c]1nc(N2CCOCC2)c2ncn(C3CCCCO3)c2n1. The molecule has 0 aromatic carbocycles. The first kappa shape index (κ1) is 27.1. The Morgan fingerprint density at radius 2 is 1.63 bits per heavy atom. The Morgan fingerprint density at radius 1 is 0.943 bits per heavy atom. The van der Waals surface area contributed by atoms with Gasteiger partial charge in [0.05, 0.1) is 0 Å². The van der Waals surface area contributed by atoms with Gasteiger partial charge >= 0.3 is 223 Å². The van der Waals surface area contributed by atoms with E-state index in [2.05, 4.69) is 30.2 Å². The van der Waals surface area contributed by atoms with E-state index < -0.39 is 21.1 Å². The number of hydrogen-bond acceptors (Lipinski definition) is 6. The third kappa shape index (κ3) is 6.89. The van der Waals surface area contributed by atoms with E-state index in [1.165, 1.54) is 64.2 Å². The van der Waals surface area contributed by atoms with Gasteiger partial charge in [0, 0.05) is 0 Å². The molecule has 0 saturated carbocycles.